The number of phenolic OH excluding ortho intramolecular Hbond substituents is 1. The van der Waals surface area contributed by atoms with Crippen LogP contribution in [0.15, 0.2) is 41.4 Å². The molecule has 1 fully saturated rings. The van der Waals surface area contributed by atoms with E-state index in [9.17, 15) is 30.2 Å². The van der Waals surface area contributed by atoms with Gasteiger partial charge in [0.05, 0.1) is 43.1 Å². The van der Waals surface area contributed by atoms with Crippen molar-refractivity contribution in [2.75, 3.05) is 43.5 Å². The minimum absolute atomic E-state index is 0.0564. The highest BCUT2D eigenvalue weighted by Gasteiger charge is 2.35. The summed E-state index contributed by atoms with van der Waals surface area (Å²) in [6.07, 6.45) is 0.00574. The van der Waals surface area contributed by atoms with Crippen molar-refractivity contribution in [2.24, 2.45) is 4.99 Å². The quantitative estimate of drug-likeness (QED) is 0.235. The molecule has 2 atom stereocenters. The number of aliphatic hydroxyl groups excluding tert-OH is 1. The van der Waals surface area contributed by atoms with E-state index in [2.05, 4.69) is 32.3 Å². The summed E-state index contributed by atoms with van der Waals surface area (Å²) in [5.41, 5.74) is 1.27. The largest absolute Gasteiger partial charge is 0.508 e. The maximum atomic E-state index is 12.9. The number of aromatic hydroxyl groups is 1. The normalized spacial score (nSPS) is 18.8. The van der Waals surface area contributed by atoms with Gasteiger partial charge in [-0.15, -0.1) is 0 Å². The number of phenols is 1. The first-order valence-electron chi connectivity index (χ1n) is 12.8. The topological polar surface area (TPSA) is 188 Å². The molecule has 0 bridgehead atoms. The molecule has 2 aliphatic rings. The van der Waals surface area contributed by atoms with Crippen LogP contribution in [0.1, 0.15) is 36.4 Å². The van der Waals surface area contributed by atoms with Gasteiger partial charge in [0.25, 0.3) is 0 Å². The van der Waals surface area contributed by atoms with E-state index in [4.69, 9.17) is 16.3 Å². The molecule has 2 aliphatic heterocycles. The van der Waals surface area contributed by atoms with Crippen molar-refractivity contribution >= 4 is 40.8 Å². The Kier molecular flexibility index (Phi) is 9.31. The number of guanidine groups is 1. The lowest BCUT2D eigenvalue weighted by atomic mass is 9.75. The Balaban J connectivity index is 1.46. The average molecular weight is 571 g/mol. The van der Waals surface area contributed by atoms with E-state index in [1.54, 1.807) is 24.3 Å². The number of carboxylic acids is 1. The summed E-state index contributed by atoms with van der Waals surface area (Å²) in [6, 6.07) is 11.1. The fraction of sp³-hybridized carbons (Fsp3) is 0.407. The smallest absolute Gasteiger partial charge is 0.305 e. The molecule has 1 amide bonds. The van der Waals surface area contributed by atoms with Gasteiger partial charge in [-0.1, -0.05) is 17.7 Å². The summed E-state index contributed by atoms with van der Waals surface area (Å²) in [5.74, 6) is -1.22. The molecule has 0 aromatic heterocycles. The number of nitrogens with zero attached hydrogens (tertiary/aromatic N) is 2. The number of amides is 1. The summed E-state index contributed by atoms with van der Waals surface area (Å²) in [7, 11) is 0. The molecule has 0 aliphatic carbocycles. The molecule has 212 valence electrons. The van der Waals surface area contributed by atoms with Crippen LogP contribution in [0.3, 0.4) is 0 Å². The average Bonchev–Trinajstić information content (AvgIpc) is 2.92. The van der Waals surface area contributed by atoms with Crippen LogP contribution in [0.4, 0.5) is 11.4 Å². The third-order valence-corrected chi connectivity index (χ3v) is 6.97. The molecule has 40 heavy (non-hydrogen) atoms. The molecule has 2 unspecified atom stereocenters. The Hall–Kier alpha value is -4.05. The molecule has 2 aromatic rings. The predicted molar refractivity (Wildman–Crippen MR) is 148 cm³/mol. The lowest BCUT2D eigenvalue weighted by Crippen LogP contribution is -2.42. The lowest BCUT2D eigenvalue weighted by Gasteiger charge is -2.32. The second kappa shape index (κ2) is 12.9. The standard InChI is InChI=1S/C27H31ClN6O6/c28-18-6-16(5-17(7-18)27(15-29)1-3-40-4-2-27)23(11-25(38)39)34-24(37)14-30-19-8-20(10-21(35)9-19)33-26-31-12-22(36)13-32-26/h5-10,22-23,30,35-36H,1-4,11-14H2,(H,34,37)(H,38,39)(H2,31,32,33). The number of aliphatic carboxylic acids is 1. The number of β-amino-alcohol motifs (C(OH)–C–C–N with tert-alkyl or cyclic N) is 1. The Labute approximate surface area is 236 Å². The number of aliphatic imine (C=N–C) groups is 1. The van der Waals surface area contributed by atoms with Crippen LogP contribution in [0.5, 0.6) is 5.75 Å². The molecule has 2 aromatic carbocycles. The van der Waals surface area contributed by atoms with E-state index >= 15 is 0 Å². The number of anilines is 2. The van der Waals surface area contributed by atoms with Crippen LogP contribution in [-0.4, -0.2) is 72.1 Å². The molecule has 2 heterocycles. The Bertz CT molecular complexity index is 1320. The van der Waals surface area contributed by atoms with Gasteiger partial charge < -0.3 is 41.3 Å². The Morgan fingerprint density at radius 2 is 1.95 bits per heavy atom. The number of benzene rings is 2. The van der Waals surface area contributed by atoms with Gasteiger partial charge >= 0.3 is 5.97 Å². The second-order valence-corrected chi connectivity index (χ2v) is 10.2. The van der Waals surface area contributed by atoms with Gasteiger partial charge in [-0.2, -0.15) is 5.26 Å². The third-order valence-electron chi connectivity index (χ3n) is 6.75. The van der Waals surface area contributed by atoms with Crippen LogP contribution in [0.25, 0.3) is 0 Å². The highest BCUT2D eigenvalue weighted by Crippen LogP contribution is 2.37. The molecule has 12 nitrogen and oxygen atoms in total. The molecule has 0 saturated carbocycles. The van der Waals surface area contributed by atoms with Crippen molar-refractivity contribution in [2.45, 2.75) is 36.8 Å². The first kappa shape index (κ1) is 28.9. The minimum atomic E-state index is -1.11. The van der Waals surface area contributed by atoms with Crippen molar-refractivity contribution in [1.82, 2.24) is 10.6 Å². The number of hydrogen-bond acceptors (Lipinski definition) is 10. The first-order chi connectivity index (χ1) is 19.2. The summed E-state index contributed by atoms with van der Waals surface area (Å²) >= 11 is 6.39. The van der Waals surface area contributed by atoms with Crippen LogP contribution in [0, 0.1) is 11.3 Å². The van der Waals surface area contributed by atoms with Crippen molar-refractivity contribution in [3.63, 3.8) is 0 Å². The fourth-order valence-electron chi connectivity index (χ4n) is 4.67. The summed E-state index contributed by atoms with van der Waals surface area (Å²) in [5, 5.41) is 51.1. The monoisotopic (exact) mass is 570 g/mol. The van der Waals surface area contributed by atoms with Gasteiger partial charge in [0.2, 0.25) is 5.91 Å². The van der Waals surface area contributed by atoms with Crippen molar-refractivity contribution in [3.05, 3.63) is 52.5 Å². The number of halogens is 1. The van der Waals surface area contributed by atoms with Gasteiger partial charge in [0.15, 0.2) is 5.96 Å². The third kappa shape index (κ3) is 7.53. The molecule has 0 radical (unpaired) electrons. The molecule has 7 N–H and O–H groups in total. The Morgan fingerprint density at radius 3 is 2.62 bits per heavy atom. The number of nitriles is 1. The molecule has 1 saturated heterocycles. The van der Waals surface area contributed by atoms with Crippen LogP contribution < -0.4 is 21.3 Å². The van der Waals surface area contributed by atoms with Gasteiger partial charge in [0.1, 0.15) is 5.75 Å². The highest BCUT2D eigenvalue weighted by molar-refractivity contribution is 6.30. The number of hydrogen-bond donors (Lipinski definition) is 7. The first-order valence-corrected chi connectivity index (χ1v) is 13.2. The molecule has 0 spiro atoms. The zero-order chi connectivity index (χ0) is 28.7. The SMILES string of the molecule is N#CC1(c2cc(Cl)cc(C(CC(=O)O)NC(=O)CNc3cc(O)cc(NC4=NCC(O)CN4)c3)c2)CCOCC1. The molecular weight excluding hydrogens is 540 g/mol. The minimum Gasteiger partial charge on any atom is -0.508 e. The number of carbonyl (C=O) groups is 2. The van der Waals surface area contributed by atoms with Crippen molar-refractivity contribution in [1.29, 1.82) is 5.26 Å². The number of rotatable bonds is 9. The second-order valence-electron chi connectivity index (χ2n) is 9.77. The van der Waals surface area contributed by atoms with Crippen LogP contribution in [-0.2, 0) is 19.7 Å². The predicted octanol–water partition coefficient (Wildman–Crippen LogP) is 2.09. The maximum absolute atomic E-state index is 12.9. The zero-order valence-electron chi connectivity index (χ0n) is 21.6. The van der Waals surface area contributed by atoms with E-state index in [1.165, 1.54) is 12.1 Å². The number of nitrogens with one attached hydrogen (secondary N) is 4. The highest BCUT2D eigenvalue weighted by atomic mass is 35.5. The maximum Gasteiger partial charge on any atom is 0.305 e. The van der Waals surface area contributed by atoms with Crippen molar-refractivity contribution < 1.29 is 29.6 Å². The summed E-state index contributed by atoms with van der Waals surface area (Å²) in [6.45, 7) is 1.23. The van der Waals surface area contributed by atoms with Gasteiger partial charge in [0, 0.05) is 48.3 Å². The molecule has 13 heteroatoms. The van der Waals surface area contributed by atoms with Gasteiger partial charge in [-0.05, 0) is 42.2 Å². The van der Waals surface area contributed by atoms with E-state index in [1.807, 2.05) is 0 Å². The Morgan fingerprint density at radius 1 is 1.20 bits per heavy atom. The molecule has 4 rings (SSSR count). The van der Waals surface area contributed by atoms with E-state index in [0.717, 1.165) is 0 Å². The van der Waals surface area contributed by atoms with E-state index < -0.39 is 35.9 Å². The van der Waals surface area contributed by atoms with Crippen LogP contribution in [0.2, 0.25) is 5.02 Å². The lowest BCUT2D eigenvalue weighted by molar-refractivity contribution is -0.137. The number of carbonyl (C=O) groups excluding carboxylic acids is 1. The molecular formula is C27H31ClN6O6. The fourth-order valence-corrected chi connectivity index (χ4v) is 4.91. The van der Waals surface area contributed by atoms with E-state index in [0.29, 0.717) is 66.1 Å². The van der Waals surface area contributed by atoms with Crippen LogP contribution >= 0.6 is 11.6 Å². The van der Waals surface area contributed by atoms with Crippen molar-refractivity contribution in [3.8, 4) is 11.8 Å². The summed E-state index contributed by atoms with van der Waals surface area (Å²) in [4.78, 5) is 28.7. The summed E-state index contributed by atoms with van der Waals surface area (Å²) < 4.78 is 5.42. The van der Waals surface area contributed by atoms with E-state index in [-0.39, 0.29) is 18.8 Å². The number of ether oxygens (including phenoxy) is 1. The van der Waals surface area contributed by atoms with Gasteiger partial charge in [-0.25, -0.2) is 0 Å². The zero-order valence-corrected chi connectivity index (χ0v) is 22.4. The van der Waals surface area contributed by atoms with Gasteiger partial charge in [-0.3, -0.25) is 14.6 Å². The number of carboxylic acid groups (broad SMARTS) is 1. The number of aliphatic hydroxyl groups is 1.